The van der Waals surface area contributed by atoms with Crippen LogP contribution in [0.25, 0.3) is 0 Å². The van der Waals surface area contributed by atoms with Crippen LogP contribution in [0, 0.1) is 5.92 Å². The van der Waals surface area contributed by atoms with Gasteiger partial charge < -0.3 is 10.5 Å². The molecule has 0 unspecified atom stereocenters. The number of primary amides is 1. The third-order valence-electron chi connectivity index (χ3n) is 3.34. The fourth-order valence-corrected chi connectivity index (χ4v) is 2.58. The summed E-state index contributed by atoms with van der Waals surface area (Å²) in [6.07, 6.45) is 0.815. The lowest BCUT2D eigenvalue weighted by atomic mass is 9.87. The van der Waals surface area contributed by atoms with Crippen LogP contribution in [0.4, 0.5) is 4.79 Å². The summed E-state index contributed by atoms with van der Waals surface area (Å²) in [5.41, 5.74) is 5.69. The van der Waals surface area contributed by atoms with E-state index in [-0.39, 0.29) is 11.3 Å². The fourth-order valence-electron chi connectivity index (χ4n) is 1.91. The molecule has 0 heterocycles. The predicted molar refractivity (Wildman–Crippen MR) is 114 cm³/mol. The molecule has 1 aromatic rings. The normalized spacial score (nSPS) is 11.4. The van der Waals surface area contributed by atoms with Crippen LogP contribution in [-0.4, -0.2) is 17.6 Å². The zero-order valence-corrected chi connectivity index (χ0v) is 18.8. The molecule has 6 heteroatoms. The van der Waals surface area contributed by atoms with E-state index in [1.807, 2.05) is 12.1 Å². The van der Waals surface area contributed by atoms with Crippen molar-refractivity contribution in [2.24, 2.45) is 11.7 Å². The Morgan fingerprint density at radius 3 is 2.15 bits per heavy atom. The number of hydrogen-bond acceptors (Lipinski definition) is 4. The maximum atomic E-state index is 11.7. The Morgan fingerprint density at radius 2 is 1.74 bits per heavy atom. The summed E-state index contributed by atoms with van der Waals surface area (Å²) in [7, 11) is 0. The maximum absolute atomic E-state index is 11.7. The summed E-state index contributed by atoms with van der Waals surface area (Å²) in [6.45, 7) is 16.1. The number of amides is 2. The van der Waals surface area contributed by atoms with E-state index in [2.05, 4.69) is 56.2 Å². The largest absolute Gasteiger partial charge is 0.444 e. The number of carbonyl (C=O) groups is 2. The second kappa shape index (κ2) is 11.2. The number of rotatable bonds is 5. The summed E-state index contributed by atoms with van der Waals surface area (Å²) < 4.78 is 7.49. The molecule has 27 heavy (non-hydrogen) atoms. The Bertz CT molecular complexity index is 602. The van der Waals surface area contributed by atoms with Crippen molar-refractivity contribution in [1.29, 1.82) is 0 Å². The van der Waals surface area contributed by atoms with E-state index >= 15 is 0 Å². The molecule has 0 saturated heterocycles. The van der Waals surface area contributed by atoms with E-state index in [9.17, 15) is 9.59 Å². The zero-order chi connectivity index (χ0) is 21.3. The van der Waals surface area contributed by atoms with Crippen molar-refractivity contribution in [2.45, 2.75) is 84.1 Å². The minimum atomic E-state index is -0.725. The first-order valence-electron chi connectivity index (χ1n) is 9.25. The molecule has 0 radical (unpaired) electrons. The molecule has 5 nitrogen and oxygen atoms in total. The van der Waals surface area contributed by atoms with Crippen LogP contribution < -0.4 is 10.5 Å². The standard InChI is InChI=1S/C16H25NOS.C5H11NO2/c1-12(2)9-10-15(18)17-19-14-8-6-7-13(11-14)16(3,4)5;1-5(2,3)8-4(6)7/h6-8,11-12H,9-10H2,1-5H3,(H,17,18);1-3H3,(H2,6,7). The number of benzene rings is 1. The first-order chi connectivity index (χ1) is 12.2. The van der Waals surface area contributed by atoms with E-state index in [4.69, 9.17) is 5.73 Å². The number of carbonyl (C=O) groups excluding carboxylic acids is 2. The number of ether oxygens (including phenoxy) is 1. The second-order valence-electron chi connectivity index (χ2n) is 8.87. The van der Waals surface area contributed by atoms with Crippen molar-refractivity contribution >= 4 is 23.9 Å². The van der Waals surface area contributed by atoms with Gasteiger partial charge in [0.05, 0.1) is 0 Å². The lowest BCUT2D eigenvalue weighted by Crippen LogP contribution is -2.27. The van der Waals surface area contributed by atoms with E-state index in [1.54, 1.807) is 20.8 Å². The molecule has 0 aliphatic rings. The van der Waals surface area contributed by atoms with Gasteiger partial charge >= 0.3 is 6.09 Å². The molecular formula is C21H36N2O3S. The lowest BCUT2D eigenvalue weighted by molar-refractivity contribution is -0.119. The highest BCUT2D eigenvalue weighted by atomic mass is 32.2. The molecule has 0 aliphatic carbocycles. The van der Waals surface area contributed by atoms with Gasteiger partial charge in [-0.25, -0.2) is 4.79 Å². The molecule has 0 aliphatic heterocycles. The third-order valence-corrected chi connectivity index (χ3v) is 4.16. The summed E-state index contributed by atoms with van der Waals surface area (Å²) >= 11 is 1.41. The van der Waals surface area contributed by atoms with Gasteiger partial charge in [-0.1, -0.05) is 46.8 Å². The second-order valence-corrected chi connectivity index (χ2v) is 9.75. The Balaban J connectivity index is 0.000000713. The van der Waals surface area contributed by atoms with Gasteiger partial charge in [0.2, 0.25) is 5.91 Å². The van der Waals surface area contributed by atoms with Crippen LogP contribution in [0.15, 0.2) is 29.2 Å². The van der Waals surface area contributed by atoms with Crippen LogP contribution in [0.3, 0.4) is 0 Å². The van der Waals surface area contributed by atoms with E-state index in [1.165, 1.54) is 17.5 Å². The van der Waals surface area contributed by atoms with Gasteiger partial charge in [-0.05, 0) is 68.2 Å². The molecule has 3 N–H and O–H groups in total. The fraction of sp³-hybridized carbons (Fsp3) is 0.619. The summed E-state index contributed by atoms with van der Waals surface area (Å²) in [5, 5.41) is 0. The highest BCUT2D eigenvalue weighted by Crippen LogP contribution is 2.26. The Morgan fingerprint density at radius 1 is 1.15 bits per heavy atom. The summed E-state index contributed by atoms with van der Waals surface area (Å²) in [5.74, 6) is 0.680. The predicted octanol–water partition coefficient (Wildman–Crippen LogP) is 5.42. The van der Waals surface area contributed by atoms with Crippen molar-refractivity contribution < 1.29 is 14.3 Å². The monoisotopic (exact) mass is 396 g/mol. The van der Waals surface area contributed by atoms with Crippen molar-refractivity contribution in [3.8, 4) is 0 Å². The molecule has 0 fully saturated rings. The summed E-state index contributed by atoms with van der Waals surface area (Å²) in [6, 6.07) is 8.35. The van der Waals surface area contributed by atoms with E-state index in [0.717, 1.165) is 11.3 Å². The van der Waals surface area contributed by atoms with E-state index in [0.29, 0.717) is 12.3 Å². The Labute approximate surface area is 168 Å². The highest BCUT2D eigenvalue weighted by Gasteiger charge is 2.14. The maximum Gasteiger partial charge on any atom is 0.405 e. The van der Waals surface area contributed by atoms with Crippen LogP contribution in [0.5, 0.6) is 0 Å². The van der Waals surface area contributed by atoms with Gasteiger partial charge in [0.15, 0.2) is 0 Å². The molecule has 0 aromatic heterocycles. The van der Waals surface area contributed by atoms with Crippen LogP contribution in [0.2, 0.25) is 0 Å². The van der Waals surface area contributed by atoms with Gasteiger partial charge in [-0.2, -0.15) is 0 Å². The van der Waals surface area contributed by atoms with Crippen LogP contribution in [0.1, 0.15) is 73.8 Å². The quantitative estimate of drug-likeness (QED) is 0.651. The SMILES string of the molecule is CC(C)(C)OC(N)=O.CC(C)CCC(=O)NSc1cccc(C(C)(C)C)c1. The van der Waals surface area contributed by atoms with Crippen molar-refractivity contribution in [1.82, 2.24) is 4.72 Å². The molecule has 1 rings (SSSR count). The Kier molecular flexibility index (Phi) is 10.5. The van der Waals surface area contributed by atoms with E-state index < -0.39 is 11.7 Å². The van der Waals surface area contributed by atoms with Crippen LogP contribution >= 0.6 is 11.9 Å². The van der Waals surface area contributed by atoms with Crippen molar-refractivity contribution in [3.05, 3.63) is 29.8 Å². The molecule has 0 bridgehead atoms. The average Bonchev–Trinajstić information content (AvgIpc) is 2.48. The van der Waals surface area contributed by atoms with Gasteiger partial charge in [0, 0.05) is 11.3 Å². The molecule has 154 valence electrons. The number of hydrogen-bond donors (Lipinski definition) is 2. The van der Waals surface area contributed by atoms with Gasteiger partial charge in [-0.3, -0.25) is 9.52 Å². The smallest absolute Gasteiger partial charge is 0.405 e. The first-order valence-corrected chi connectivity index (χ1v) is 10.1. The first kappa shape index (κ1) is 25.3. The number of nitrogens with one attached hydrogen (secondary N) is 1. The van der Waals surface area contributed by atoms with Gasteiger partial charge in [0.25, 0.3) is 0 Å². The minimum Gasteiger partial charge on any atom is -0.444 e. The molecule has 1 aromatic carbocycles. The summed E-state index contributed by atoms with van der Waals surface area (Å²) in [4.78, 5) is 22.8. The van der Waals surface area contributed by atoms with Gasteiger partial charge in [-0.15, -0.1) is 0 Å². The molecule has 0 spiro atoms. The molecule has 2 amide bonds. The molecule has 0 atom stereocenters. The Hall–Kier alpha value is -1.69. The zero-order valence-electron chi connectivity index (χ0n) is 18.0. The van der Waals surface area contributed by atoms with Crippen molar-refractivity contribution in [3.63, 3.8) is 0 Å². The van der Waals surface area contributed by atoms with Crippen molar-refractivity contribution in [2.75, 3.05) is 0 Å². The van der Waals surface area contributed by atoms with Crippen LogP contribution in [-0.2, 0) is 14.9 Å². The average molecular weight is 397 g/mol. The minimum absolute atomic E-state index is 0.111. The number of nitrogens with two attached hydrogens (primary N) is 1. The third kappa shape index (κ3) is 14.1. The lowest BCUT2D eigenvalue weighted by Gasteiger charge is -2.19. The highest BCUT2D eigenvalue weighted by molar-refractivity contribution is 7.98. The topological polar surface area (TPSA) is 81.4 Å². The van der Waals surface area contributed by atoms with Gasteiger partial charge in [0.1, 0.15) is 5.60 Å². The molecule has 0 saturated carbocycles. The molecular weight excluding hydrogens is 360 g/mol.